The number of amides is 1. The fraction of sp³-hybridized carbons (Fsp3) is 0.583. The monoisotopic (exact) mass is 334 g/mol. The number of carbonyl (C=O) groups is 1. The van der Waals surface area contributed by atoms with Crippen LogP contribution in [0.15, 0.2) is 15.9 Å². The van der Waals surface area contributed by atoms with Crippen LogP contribution in [0, 0.1) is 0 Å². The van der Waals surface area contributed by atoms with Crippen molar-refractivity contribution < 1.29 is 9.53 Å². The first-order valence-electron chi connectivity index (χ1n) is 5.74. The van der Waals surface area contributed by atoms with Crippen molar-refractivity contribution in [3.05, 3.63) is 20.8 Å². The maximum atomic E-state index is 11.6. The van der Waals surface area contributed by atoms with E-state index in [0.29, 0.717) is 13.0 Å². The first kappa shape index (κ1) is 15.5. The molecule has 0 aliphatic heterocycles. The van der Waals surface area contributed by atoms with Gasteiger partial charge >= 0.3 is 6.09 Å². The number of hydrogen-bond acceptors (Lipinski definition) is 4. The van der Waals surface area contributed by atoms with E-state index >= 15 is 0 Å². The normalized spacial score (nSPS) is 13.2. The summed E-state index contributed by atoms with van der Waals surface area (Å²) in [5, 5.41) is 2.79. The van der Waals surface area contributed by atoms with Gasteiger partial charge in [-0.05, 0) is 48.8 Å². The van der Waals surface area contributed by atoms with Crippen molar-refractivity contribution in [2.24, 2.45) is 5.73 Å². The van der Waals surface area contributed by atoms with Crippen LogP contribution in [0.5, 0.6) is 0 Å². The Bertz CT molecular complexity index is 401. The van der Waals surface area contributed by atoms with Gasteiger partial charge in [0, 0.05) is 23.9 Å². The van der Waals surface area contributed by atoms with Crippen LogP contribution < -0.4 is 11.1 Å². The number of alkyl carbamates (subject to hydrolysis) is 1. The predicted molar refractivity (Wildman–Crippen MR) is 77.9 cm³/mol. The number of ether oxygens (including phenoxy) is 1. The lowest BCUT2D eigenvalue weighted by Crippen LogP contribution is -2.44. The molecule has 102 valence electrons. The fourth-order valence-corrected chi connectivity index (χ4v) is 2.93. The summed E-state index contributed by atoms with van der Waals surface area (Å²) >= 11 is 5.05. The summed E-state index contributed by atoms with van der Waals surface area (Å²) in [6.45, 7) is 5.88. The maximum absolute atomic E-state index is 11.6. The second kappa shape index (κ2) is 6.54. The molecule has 1 unspecified atom stereocenters. The first-order chi connectivity index (χ1) is 8.30. The molecule has 0 saturated carbocycles. The molecule has 1 atom stereocenters. The summed E-state index contributed by atoms with van der Waals surface area (Å²) in [4.78, 5) is 12.8. The summed E-state index contributed by atoms with van der Waals surface area (Å²) < 4.78 is 6.28. The maximum Gasteiger partial charge on any atom is 0.407 e. The van der Waals surface area contributed by atoms with Crippen LogP contribution in [0.1, 0.15) is 25.6 Å². The van der Waals surface area contributed by atoms with Crippen LogP contribution in [0.3, 0.4) is 0 Å². The van der Waals surface area contributed by atoms with E-state index in [1.807, 2.05) is 32.9 Å². The second-order valence-electron chi connectivity index (χ2n) is 4.99. The molecule has 18 heavy (non-hydrogen) atoms. The van der Waals surface area contributed by atoms with Crippen molar-refractivity contribution in [2.75, 3.05) is 6.54 Å². The minimum Gasteiger partial charge on any atom is -0.444 e. The van der Waals surface area contributed by atoms with Crippen LogP contribution >= 0.6 is 27.3 Å². The molecule has 1 aromatic rings. The van der Waals surface area contributed by atoms with Crippen LogP contribution in [0.4, 0.5) is 4.79 Å². The molecule has 1 heterocycles. The average Bonchev–Trinajstić information content (AvgIpc) is 2.60. The third-order valence-electron chi connectivity index (χ3n) is 2.08. The Labute approximate surface area is 120 Å². The highest BCUT2D eigenvalue weighted by Gasteiger charge is 2.19. The van der Waals surface area contributed by atoms with Crippen molar-refractivity contribution in [3.8, 4) is 0 Å². The van der Waals surface area contributed by atoms with Gasteiger partial charge in [-0.15, -0.1) is 11.3 Å². The molecule has 3 N–H and O–H groups in total. The minimum atomic E-state index is -0.491. The molecule has 0 spiro atoms. The first-order valence-corrected chi connectivity index (χ1v) is 7.35. The molecule has 1 aromatic heterocycles. The van der Waals surface area contributed by atoms with Crippen molar-refractivity contribution in [1.29, 1.82) is 0 Å². The molecule has 0 aliphatic rings. The Morgan fingerprint density at radius 3 is 2.67 bits per heavy atom. The molecular weight excluding hydrogens is 316 g/mol. The zero-order chi connectivity index (χ0) is 13.8. The van der Waals surface area contributed by atoms with Gasteiger partial charge in [-0.2, -0.15) is 0 Å². The van der Waals surface area contributed by atoms with Crippen molar-refractivity contribution in [2.45, 2.75) is 38.8 Å². The molecule has 6 heteroatoms. The molecule has 0 aliphatic carbocycles. The Hall–Kier alpha value is -0.590. The van der Waals surface area contributed by atoms with E-state index in [-0.39, 0.29) is 6.04 Å². The molecule has 0 bridgehead atoms. The van der Waals surface area contributed by atoms with Gasteiger partial charge in [0.05, 0.1) is 3.79 Å². The molecule has 0 saturated heterocycles. The third-order valence-corrected chi connectivity index (χ3v) is 3.73. The predicted octanol–water partition coefficient (Wildman–Crippen LogP) is 2.91. The van der Waals surface area contributed by atoms with Gasteiger partial charge in [0.1, 0.15) is 5.60 Å². The lowest BCUT2D eigenvalue weighted by atomic mass is 10.2. The number of rotatable bonds is 4. The lowest BCUT2D eigenvalue weighted by molar-refractivity contribution is 0.0506. The van der Waals surface area contributed by atoms with Crippen LogP contribution in [-0.2, 0) is 11.2 Å². The molecule has 1 rings (SSSR count). The number of halogens is 1. The Kier molecular flexibility index (Phi) is 5.62. The summed E-state index contributed by atoms with van der Waals surface area (Å²) in [6.07, 6.45) is 0.292. The molecular formula is C12H19BrN2O2S. The van der Waals surface area contributed by atoms with E-state index in [0.717, 1.165) is 3.79 Å². The van der Waals surface area contributed by atoms with Gasteiger partial charge in [-0.1, -0.05) is 0 Å². The summed E-state index contributed by atoms with van der Waals surface area (Å²) in [5.41, 5.74) is 5.17. The minimum absolute atomic E-state index is 0.106. The van der Waals surface area contributed by atoms with Gasteiger partial charge in [-0.25, -0.2) is 4.79 Å². The summed E-state index contributed by atoms with van der Waals surface area (Å²) in [5.74, 6) is 0. The van der Waals surface area contributed by atoms with Crippen LogP contribution in [0.25, 0.3) is 0 Å². The molecule has 4 nitrogen and oxygen atoms in total. The molecule has 0 aromatic carbocycles. The third kappa shape index (κ3) is 5.84. The molecule has 0 radical (unpaired) electrons. The van der Waals surface area contributed by atoms with Gasteiger partial charge in [-0.3, -0.25) is 0 Å². The van der Waals surface area contributed by atoms with Gasteiger partial charge in [0.25, 0.3) is 0 Å². The van der Waals surface area contributed by atoms with Crippen LogP contribution in [-0.4, -0.2) is 24.3 Å². The zero-order valence-corrected chi connectivity index (χ0v) is 13.2. The Morgan fingerprint density at radius 1 is 1.56 bits per heavy atom. The number of nitrogens with two attached hydrogens (primary N) is 1. The zero-order valence-electron chi connectivity index (χ0n) is 10.8. The highest BCUT2D eigenvalue weighted by Crippen LogP contribution is 2.23. The summed E-state index contributed by atoms with van der Waals surface area (Å²) in [6, 6.07) is 3.90. The smallest absolute Gasteiger partial charge is 0.407 e. The SMILES string of the molecule is CC(C)(C)OC(=O)NC(CN)Cc1ccc(Br)s1. The van der Waals surface area contributed by atoms with Gasteiger partial charge in [0.15, 0.2) is 0 Å². The molecule has 1 amide bonds. The Morgan fingerprint density at radius 2 is 2.22 bits per heavy atom. The van der Waals surface area contributed by atoms with Crippen LogP contribution in [0.2, 0.25) is 0 Å². The highest BCUT2D eigenvalue weighted by atomic mass is 79.9. The van der Waals surface area contributed by atoms with Crippen molar-refractivity contribution in [1.82, 2.24) is 5.32 Å². The standard InChI is InChI=1S/C12H19BrN2O2S/c1-12(2,3)17-11(16)15-8(7-14)6-9-4-5-10(13)18-9/h4-5,8H,6-7,14H2,1-3H3,(H,15,16). The topological polar surface area (TPSA) is 64.3 Å². The van der Waals surface area contributed by atoms with E-state index in [4.69, 9.17) is 10.5 Å². The van der Waals surface area contributed by atoms with Gasteiger partial charge < -0.3 is 15.8 Å². The fourth-order valence-electron chi connectivity index (χ4n) is 1.37. The van der Waals surface area contributed by atoms with E-state index in [1.54, 1.807) is 11.3 Å². The number of carbonyl (C=O) groups excluding carboxylic acids is 1. The van der Waals surface area contributed by atoms with E-state index in [2.05, 4.69) is 21.2 Å². The quantitative estimate of drug-likeness (QED) is 0.889. The summed E-state index contributed by atoms with van der Waals surface area (Å²) in [7, 11) is 0. The Balaban J connectivity index is 2.49. The number of nitrogens with one attached hydrogen (secondary N) is 1. The highest BCUT2D eigenvalue weighted by molar-refractivity contribution is 9.11. The molecule has 0 fully saturated rings. The van der Waals surface area contributed by atoms with E-state index in [9.17, 15) is 4.79 Å². The van der Waals surface area contributed by atoms with E-state index < -0.39 is 11.7 Å². The van der Waals surface area contributed by atoms with Crippen molar-refractivity contribution >= 4 is 33.4 Å². The largest absolute Gasteiger partial charge is 0.444 e. The number of thiophene rings is 1. The van der Waals surface area contributed by atoms with Gasteiger partial charge in [0.2, 0.25) is 0 Å². The second-order valence-corrected chi connectivity index (χ2v) is 7.54. The average molecular weight is 335 g/mol. The van der Waals surface area contributed by atoms with Crippen molar-refractivity contribution in [3.63, 3.8) is 0 Å². The lowest BCUT2D eigenvalue weighted by Gasteiger charge is -2.22. The number of hydrogen-bond donors (Lipinski definition) is 2. The van der Waals surface area contributed by atoms with E-state index in [1.165, 1.54) is 4.88 Å².